The lowest BCUT2D eigenvalue weighted by atomic mass is 9.66. The van der Waals surface area contributed by atoms with E-state index in [0.29, 0.717) is 0 Å². The van der Waals surface area contributed by atoms with Gasteiger partial charge in [0.1, 0.15) is 0 Å². The first-order chi connectivity index (χ1) is 30.2. The largest absolute Gasteiger partial charge is 0.310 e. The van der Waals surface area contributed by atoms with Gasteiger partial charge in [-0.05, 0) is 86.1 Å². The van der Waals surface area contributed by atoms with E-state index >= 15 is 0 Å². The van der Waals surface area contributed by atoms with Gasteiger partial charge in [0.2, 0.25) is 0 Å². The fourth-order valence-electron chi connectivity index (χ4n) is 8.78. The second-order valence-electron chi connectivity index (χ2n) is 13.9. The van der Waals surface area contributed by atoms with E-state index in [1.54, 1.807) is 11.3 Å². The fraction of sp³-hybridized carbons (Fsp3) is 0.0189. The van der Waals surface area contributed by atoms with E-state index in [0.717, 1.165) is 76.2 Å². The highest BCUT2D eigenvalue weighted by Gasteiger charge is 2.48. The smallest absolute Gasteiger partial charge is 0.0733 e. The molecule has 1 aromatic heterocycles. The minimum atomic E-state index is -1.36. The zero-order valence-electron chi connectivity index (χ0n) is 36.5. The van der Waals surface area contributed by atoms with Crippen molar-refractivity contribution in [1.82, 2.24) is 0 Å². The predicted molar refractivity (Wildman–Crippen MR) is 234 cm³/mol. The van der Waals surface area contributed by atoms with Gasteiger partial charge in [0.05, 0.1) is 20.7 Å². The zero-order valence-corrected chi connectivity index (χ0v) is 30.3. The van der Waals surface area contributed by atoms with Crippen LogP contribution in [0.1, 0.15) is 31.8 Å². The van der Waals surface area contributed by atoms with Crippen molar-refractivity contribution in [2.75, 3.05) is 4.90 Å². The zero-order chi connectivity index (χ0) is 42.4. The number of hydrogen-bond donors (Lipinski definition) is 0. The molecular weight excluding hydrogens is 683 g/mol. The molecule has 1 aliphatic carbocycles. The Balaban J connectivity index is 1.30. The summed E-state index contributed by atoms with van der Waals surface area (Å²) >= 11 is 1.65. The van der Waals surface area contributed by atoms with Crippen LogP contribution in [0.15, 0.2) is 212 Å². The summed E-state index contributed by atoms with van der Waals surface area (Å²) in [5, 5.41) is 2.13. The molecule has 0 amide bonds. The number of anilines is 3. The molecule has 55 heavy (non-hydrogen) atoms. The van der Waals surface area contributed by atoms with Crippen molar-refractivity contribution in [2.45, 2.75) is 5.41 Å². The maximum Gasteiger partial charge on any atom is 0.0733 e. The van der Waals surface area contributed by atoms with Crippen molar-refractivity contribution in [3.05, 3.63) is 234 Å². The van der Waals surface area contributed by atoms with Gasteiger partial charge in [-0.15, -0.1) is 11.3 Å². The molecule has 0 aliphatic heterocycles. The average molecular weight is 725 g/mol. The van der Waals surface area contributed by atoms with Crippen LogP contribution in [0.4, 0.5) is 17.1 Å². The molecule has 0 N–H and O–H groups in total. The van der Waals surface area contributed by atoms with Crippen LogP contribution in [0.25, 0.3) is 53.2 Å². The second-order valence-corrected chi connectivity index (χ2v) is 14.9. The van der Waals surface area contributed by atoms with Crippen LogP contribution in [0.2, 0.25) is 0 Å². The van der Waals surface area contributed by atoms with Crippen LogP contribution in [-0.4, -0.2) is 0 Å². The van der Waals surface area contributed by atoms with Crippen LogP contribution in [0.3, 0.4) is 0 Å². The molecule has 1 atom stereocenters. The summed E-state index contributed by atoms with van der Waals surface area (Å²) < 4.78 is 66.7. The van der Waals surface area contributed by atoms with Crippen LogP contribution < -0.4 is 4.90 Å². The quantitative estimate of drug-likeness (QED) is 0.165. The number of para-hydroxylation sites is 2. The number of hydrogen-bond acceptors (Lipinski definition) is 2. The Bertz CT molecular complexity index is 3450. The Morgan fingerprint density at radius 3 is 2.00 bits per heavy atom. The predicted octanol–water partition coefficient (Wildman–Crippen LogP) is 14.7. The number of thiophene rings is 1. The first-order valence-corrected chi connectivity index (χ1v) is 19.2. The maximum absolute atomic E-state index is 9.92. The normalized spacial score (nSPS) is 16.4. The minimum absolute atomic E-state index is 0.0646. The average Bonchev–Trinajstić information content (AvgIpc) is 3.84. The lowest BCUT2D eigenvalue weighted by molar-refractivity contribution is 0.786. The summed E-state index contributed by atoms with van der Waals surface area (Å²) in [6, 6.07) is 55.2. The Morgan fingerprint density at radius 2 is 1.11 bits per heavy atom. The van der Waals surface area contributed by atoms with Crippen LogP contribution in [0, 0.1) is 0 Å². The van der Waals surface area contributed by atoms with Crippen molar-refractivity contribution in [3.63, 3.8) is 0 Å². The van der Waals surface area contributed by atoms with E-state index < -0.39 is 35.6 Å². The lowest BCUT2D eigenvalue weighted by Gasteiger charge is -2.35. The molecule has 10 aromatic rings. The SMILES string of the molecule is [2H]c1c([2H])c([2H])c2c(C3(c4cccc5c4sc4ccccc45)c4ccccc4-c4cc(N(c5ccccc5)c5ccccc5-c5ccccc5)ccc43)c([2H])c([2H])c([2H])c2c1[2H]. The molecule has 258 valence electrons. The van der Waals surface area contributed by atoms with E-state index in [1.807, 2.05) is 72.8 Å². The number of fused-ring (bicyclic) bond motifs is 7. The standard InChI is InChI=1S/C53H35NS/c1-3-17-37(18-4-1)41-24-10-13-31-50(41)54(38-21-5-2-6-22-38)39-33-34-48-45(35-39)42-25-9-12-28-47(42)53(48,46-29-15-20-36-19-7-8-23-40(36)46)49-30-16-27-44-43-26-11-14-32-51(43)55-52(44)49/h1-35H/i7D,8D,15D,19D,20D,23D,29D. The Hall–Kier alpha value is -6.74. The molecule has 0 saturated heterocycles. The Kier molecular flexibility index (Phi) is 5.84. The van der Waals surface area contributed by atoms with Gasteiger partial charge in [0, 0.05) is 37.1 Å². The van der Waals surface area contributed by atoms with E-state index in [1.165, 1.54) is 0 Å². The van der Waals surface area contributed by atoms with E-state index in [-0.39, 0.29) is 28.4 Å². The van der Waals surface area contributed by atoms with E-state index in [9.17, 15) is 4.11 Å². The summed E-state index contributed by atoms with van der Waals surface area (Å²) in [5.74, 6) is 0. The molecule has 0 saturated carbocycles. The highest BCUT2D eigenvalue weighted by Crippen LogP contribution is 2.60. The van der Waals surface area contributed by atoms with Crippen LogP contribution in [0.5, 0.6) is 0 Å². The van der Waals surface area contributed by atoms with Gasteiger partial charge in [-0.1, -0.05) is 176 Å². The molecule has 1 heterocycles. The van der Waals surface area contributed by atoms with Gasteiger partial charge < -0.3 is 4.90 Å². The fourth-order valence-corrected chi connectivity index (χ4v) is 10.0. The number of nitrogens with zero attached hydrogens (tertiary/aromatic N) is 1. The van der Waals surface area contributed by atoms with E-state index in [2.05, 4.69) is 102 Å². The van der Waals surface area contributed by atoms with Crippen LogP contribution in [-0.2, 0) is 5.41 Å². The van der Waals surface area contributed by atoms with Crippen molar-refractivity contribution in [3.8, 4) is 22.3 Å². The van der Waals surface area contributed by atoms with Gasteiger partial charge in [-0.2, -0.15) is 0 Å². The van der Waals surface area contributed by atoms with Crippen LogP contribution >= 0.6 is 11.3 Å². The molecule has 1 unspecified atom stereocenters. The molecule has 11 rings (SSSR count). The highest BCUT2D eigenvalue weighted by atomic mass is 32.1. The summed E-state index contributed by atoms with van der Waals surface area (Å²) in [4.78, 5) is 2.26. The molecule has 0 spiro atoms. The van der Waals surface area contributed by atoms with Gasteiger partial charge in [0.25, 0.3) is 0 Å². The number of rotatable bonds is 6. The first-order valence-electron chi connectivity index (χ1n) is 21.9. The summed E-state index contributed by atoms with van der Waals surface area (Å²) in [6.07, 6.45) is 0. The first kappa shape index (κ1) is 25.3. The maximum atomic E-state index is 9.92. The molecule has 0 bridgehead atoms. The van der Waals surface area contributed by atoms with Gasteiger partial charge in [-0.25, -0.2) is 0 Å². The number of benzene rings is 9. The Morgan fingerprint density at radius 1 is 0.436 bits per heavy atom. The molecule has 0 radical (unpaired) electrons. The minimum Gasteiger partial charge on any atom is -0.310 e. The molecule has 0 fully saturated rings. The third-order valence-corrected chi connectivity index (χ3v) is 12.2. The van der Waals surface area contributed by atoms with Gasteiger partial charge >= 0.3 is 0 Å². The lowest BCUT2D eigenvalue weighted by Crippen LogP contribution is -2.29. The Labute approximate surface area is 334 Å². The third kappa shape index (κ3) is 4.78. The van der Waals surface area contributed by atoms with E-state index in [4.69, 9.17) is 5.48 Å². The van der Waals surface area contributed by atoms with Gasteiger partial charge in [-0.3, -0.25) is 0 Å². The topological polar surface area (TPSA) is 3.24 Å². The molecule has 1 nitrogen and oxygen atoms in total. The molecule has 2 heteroatoms. The molecular formula is C53H35NS. The molecule has 9 aromatic carbocycles. The summed E-state index contributed by atoms with van der Waals surface area (Å²) in [5.41, 5.74) is 8.15. The van der Waals surface area contributed by atoms with Crippen molar-refractivity contribution in [2.24, 2.45) is 0 Å². The van der Waals surface area contributed by atoms with Gasteiger partial charge in [0.15, 0.2) is 0 Å². The monoisotopic (exact) mass is 724 g/mol. The highest BCUT2D eigenvalue weighted by molar-refractivity contribution is 7.26. The summed E-state index contributed by atoms with van der Waals surface area (Å²) in [7, 11) is 0. The van der Waals surface area contributed by atoms with Crippen molar-refractivity contribution in [1.29, 1.82) is 0 Å². The summed E-state index contributed by atoms with van der Waals surface area (Å²) in [6.45, 7) is 0. The molecule has 1 aliphatic rings. The second kappa shape index (κ2) is 12.7. The van der Waals surface area contributed by atoms with Crippen molar-refractivity contribution >= 4 is 59.3 Å². The van der Waals surface area contributed by atoms with Crippen molar-refractivity contribution < 1.29 is 9.60 Å². The third-order valence-electron chi connectivity index (χ3n) is 11.0.